The molecule has 0 radical (unpaired) electrons. The molecule has 1 atom stereocenters. The number of rotatable bonds is 5. The molecule has 1 fully saturated rings. The molecule has 1 saturated carbocycles. The number of hydrogen-bond acceptors (Lipinski definition) is 3. The van der Waals surface area contributed by atoms with Gasteiger partial charge in [-0.1, -0.05) is 38.5 Å². The third-order valence-electron chi connectivity index (χ3n) is 3.52. The maximum atomic E-state index is 9.16. The Morgan fingerprint density at radius 3 is 2.65 bits per heavy atom. The summed E-state index contributed by atoms with van der Waals surface area (Å²) in [7, 11) is 0. The molecule has 2 rings (SSSR count). The number of nitriles is 1. The van der Waals surface area contributed by atoms with Crippen LogP contribution in [0.1, 0.15) is 44.7 Å². The first-order valence-corrected chi connectivity index (χ1v) is 7.30. The molecule has 0 bridgehead atoms. The second-order valence-corrected chi connectivity index (χ2v) is 6.68. The lowest BCUT2D eigenvalue weighted by Gasteiger charge is -2.24. The fraction of sp³-hybridized carbons (Fsp3) is 0.588. The highest BCUT2D eigenvalue weighted by molar-refractivity contribution is 5.41. The van der Waals surface area contributed by atoms with Crippen LogP contribution in [0.15, 0.2) is 18.2 Å². The summed E-state index contributed by atoms with van der Waals surface area (Å²) in [6.07, 6.45) is 2.35. The molecule has 1 aromatic carbocycles. The van der Waals surface area contributed by atoms with E-state index in [2.05, 4.69) is 51.2 Å². The molecule has 0 aliphatic heterocycles. The summed E-state index contributed by atoms with van der Waals surface area (Å²) in [6, 6.07) is 8.81. The first-order chi connectivity index (χ1) is 9.40. The van der Waals surface area contributed by atoms with Crippen LogP contribution in [0.5, 0.6) is 5.75 Å². The molecule has 0 saturated heterocycles. The summed E-state index contributed by atoms with van der Waals surface area (Å²) in [4.78, 5) is 0. The Balaban J connectivity index is 2.06. The lowest BCUT2D eigenvalue weighted by molar-refractivity contribution is 0.281. The van der Waals surface area contributed by atoms with E-state index in [0.29, 0.717) is 12.6 Å². The highest BCUT2D eigenvalue weighted by Gasteiger charge is 2.25. The zero-order valence-electron chi connectivity index (χ0n) is 12.9. The van der Waals surface area contributed by atoms with E-state index in [1.807, 2.05) is 6.07 Å². The Bertz CT molecular complexity index is 507. The van der Waals surface area contributed by atoms with E-state index in [1.54, 1.807) is 0 Å². The average molecular weight is 272 g/mol. The van der Waals surface area contributed by atoms with Crippen LogP contribution < -0.4 is 10.1 Å². The van der Waals surface area contributed by atoms with E-state index in [9.17, 15) is 0 Å². The van der Waals surface area contributed by atoms with Gasteiger partial charge in [-0.25, -0.2) is 0 Å². The van der Waals surface area contributed by atoms with Gasteiger partial charge in [0, 0.05) is 6.04 Å². The first-order valence-electron chi connectivity index (χ1n) is 7.30. The molecule has 0 heterocycles. The Kier molecular flexibility index (Phi) is 4.35. The van der Waals surface area contributed by atoms with Crippen LogP contribution in [0.3, 0.4) is 0 Å². The molecule has 1 N–H and O–H groups in total. The lowest BCUT2D eigenvalue weighted by Crippen LogP contribution is -2.35. The van der Waals surface area contributed by atoms with Gasteiger partial charge in [0.1, 0.15) is 18.4 Å². The minimum Gasteiger partial charge on any atom is -0.491 e. The van der Waals surface area contributed by atoms with E-state index in [0.717, 1.165) is 5.75 Å². The molecule has 1 unspecified atom stereocenters. The summed E-state index contributed by atoms with van der Waals surface area (Å²) in [5.74, 6) is 0.890. The van der Waals surface area contributed by atoms with Gasteiger partial charge in [0.05, 0.1) is 6.07 Å². The Hall–Kier alpha value is -1.53. The van der Waals surface area contributed by atoms with Crippen LogP contribution in [-0.2, 0) is 5.41 Å². The highest BCUT2D eigenvalue weighted by Crippen LogP contribution is 2.32. The molecular weight excluding hydrogens is 248 g/mol. The van der Waals surface area contributed by atoms with Gasteiger partial charge in [0.25, 0.3) is 0 Å². The average Bonchev–Trinajstić information content (AvgIpc) is 3.18. The van der Waals surface area contributed by atoms with Crippen molar-refractivity contribution in [2.75, 3.05) is 6.61 Å². The molecule has 0 amide bonds. The van der Waals surface area contributed by atoms with E-state index in [-0.39, 0.29) is 11.5 Å². The summed E-state index contributed by atoms with van der Waals surface area (Å²) in [6.45, 7) is 9.03. The van der Waals surface area contributed by atoms with Crippen molar-refractivity contribution < 1.29 is 4.74 Å². The van der Waals surface area contributed by atoms with E-state index in [4.69, 9.17) is 10.00 Å². The lowest BCUT2D eigenvalue weighted by atomic mass is 9.85. The van der Waals surface area contributed by atoms with Gasteiger partial charge in [-0.2, -0.15) is 5.26 Å². The fourth-order valence-corrected chi connectivity index (χ4v) is 2.19. The van der Waals surface area contributed by atoms with Crippen molar-refractivity contribution in [3.63, 3.8) is 0 Å². The van der Waals surface area contributed by atoms with Gasteiger partial charge >= 0.3 is 0 Å². The summed E-state index contributed by atoms with van der Waals surface area (Å²) in [5.41, 5.74) is 2.46. The maximum absolute atomic E-state index is 9.16. The van der Waals surface area contributed by atoms with Crippen molar-refractivity contribution in [2.24, 2.45) is 0 Å². The molecule has 1 aliphatic carbocycles. The van der Waals surface area contributed by atoms with Crippen LogP contribution in [-0.4, -0.2) is 18.7 Å². The third-order valence-corrected chi connectivity index (χ3v) is 3.52. The number of benzene rings is 1. The topological polar surface area (TPSA) is 45.0 Å². The third kappa shape index (κ3) is 3.98. The SMILES string of the molecule is Cc1ccc(OCC(C#N)NC2CC2)c(C(C)(C)C)c1. The van der Waals surface area contributed by atoms with E-state index >= 15 is 0 Å². The molecule has 1 aliphatic rings. The molecule has 0 aromatic heterocycles. The minimum atomic E-state index is -0.225. The van der Waals surface area contributed by atoms with Crippen LogP contribution in [0, 0.1) is 18.3 Å². The monoisotopic (exact) mass is 272 g/mol. The number of ether oxygens (including phenoxy) is 1. The molecule has 1 aromatic rings. The molecule has 0 spiro atoms. The largest absolute Gasteiger partial charge is 0.491 e. The number of hydrogen-bond donors (Lipinski definition) is 1. The van der Waals surface area contributed by atoms with Crippen LogP contribution in [0.4, 0.5) is 0 Å². The normalized spacial score (nSPS) is 16.6. The number of nitrogens with zero attached hydrogens (tertiary/aromatic N) is 1. The standard InChI is InChI=1S/C17H24N2O/c1-12-5-8-16(15(9-12)17(2,3)4)20-11-14(10-18)19-13-6-7-13/h5,8-9,13-14,19H,6-7,11H2,1-4H3. The van der Waals surface area contributed by atoms with Gasteiger partial charge in [0.15, 0.2) is 0 Å². The van der Waals surface area contributed by atoms with E-state index in [1.165, 1.54) is 24.0 Å². The predicted octanol–water partition coefficient (Wildman–Crippen LogP) is 3.32. The van der Waals surface area contributed by atoms with Crippen molar-refractivity contribution in [1.82, 2.24) is 5.32 Å². The Labute approximate surface area is 121 Å². The van der Waals surface area contributed by atoms with Crippen molar-refractivity contribution in [1.29, 1.82) is 5.26 Å². The molecular formula is C17H24N2O. The quantitative estimate of drug-likeness (QED) is 0.894. The van der Waals surface area contributed by atoms with Gasteiger partial charge in [-0.15, -0.1) is 0 Å². The second-order valence-electron chi connectivity index (χ2n) is 6.68. The van der Waals surface area contributed by atoms with Gasteiger partial charge in [0.2, 0.25) is 0 Å². The first kappa shape index (κ1) is 14.9. The molecule has 108 valence electrons. The molecule has 3 heteroatoms. The summed E-state index contributed by atoms with van der Waals surface area (Å²) >= 11 is 0. The van der Waals surface area contributed by atoms with Gasteiger partial charge in [-0.3, -0.25) is 5.32 Å². The zero-order chi connectivity index (χ0) is 14.8. The summed E-state index contributed by atoms with van der Waals surface area (Å²) in [5, 5.41) is 12.5. The van der Waals surface area contributed by atoms with Crippen molar-refractivity contribution >= 4 is 0 Å². The van der Waals surface area contributed by atoms with E-state index < -0.39 is 0 Å². The van der Waals surface area contributed by atoms with Crippen LogP contribution in [0.2, 0.25) is 0 Å². The Morgan fingerprint density at radius 2 is 2.10 bits per heavy atom. The van der Waals surface area contributed by atoms with Crippen molar-refractivity contribution in [3.05, 3.63) is 29.3 Å². The second kappa shape index (κ2) is 5.85. The zero-order valence-corrected chi connectivity index (χ0v) is 12.9. The molecule has 20 heavy (non-hydrogen) atoms. The maximum Gasteiger partial charge on any atom is 0.130 e. The smallest absolute Gasteiger partial charge is 0.130 e. The Morgan fingerprint density at radius 1 is 1.40 bits per heavy atom. The number of nitrogens with one attached hydrogen (secondary N) is 1. The molecule has 3 nitrogen and oxygen atoms in total. The van der Waals surface area contributed by atoms with Crippen LogP contribution in [0.25, 0.3) is 0 Å². The van der Waals surface area contributed by atoms with Gasteiger partial charge in [-0.05, 0) is 36.8 Å². The predicted molar refractivity (Wildman–Crippen MR) is 80.9 cm³/mol. The number of aryl methyl sites for hydroxylation is 1. The minimum absolute atomic E-state index is 0.0351. The van der Waals surface area contributed by atoms with Crippen molar-refractivity contribution in [2.45, 2.75) is 58.0 Å². The fourth-order valence-electron chi connectivity index (χ4n) is 2.19. The van der Waals surface area contributed by atoms with Crippen LogP contribution >= 0.6 is 0 Å². The van der Waals surface area contributed by atoms with Crippen molar-refractivity contribution in [3.8, 4) is 11.8 Å². The summed E-state index contributed by atoms with van der Waals surface area (Å²) < 4.78 is 5.92. The highest BCUT2D eigenvalue weighted by atomic mass is 16.5. The van der Waals surface area contributed by atoms with Gasteiger partial charge < -0.3 is 4.74 Å².